The van der Waals surface area contributed by atoms with E-state index in [2.05, 4.69) is 5.32 Å². The first-order valence-corrected chi connectivity index (χ1v) is 12.1. The highest BCUT2D eigenvalue weighted by Gasteiger charge is 2.43. The Hall–Kier alpha value is -1.79. The van der Waals surface area contributed by atoms with Crippen LogP contribution in [0.25, 0.3) is 0 Å². The lowest BCUT2D eigenvalue weighted by Crippen LogP contribution is -2.52. The lowest BCUT2D eigenvalue weighted by Gasteiger charge is -2.41. The number of benzene rings is 1. The fraction of sp³-hybridized carbons (Fsp3) is 0.680. The highest BCUT2D eigenvalue weighted by Crippen LogP contribution is 2.38. The third-order valence-electron chi connectivity index (χ3n) is 5.86. The van der Waals surface area contributed by atoms with Crippen LogP contribution in [0.5, 0.6) is 0 Å². The number of likely N-dealkylation sites (tertiary alicyclic amines) is 1. The van der Waals surface area contributed by atoms with Crippen molar-refractivity contribution in [2.75, 3.05) is 13.1 Å². The quantitative estimate of drug-likeness (QED) is 0.547. The number of hydrogen-bond donors (Lipinski definition) is 2. The van der Waals surface area contributed by atoms with E-state index in [4.69, 9.17) is 16.3 Å². The highest BCUT2D eigenvalue weighted by atomic mass is 35.5. The number of aliphatic hydroxyl groups is 1. The van der Waals surface area contributed by atoms with Crippen LogP contribution >= 0.6 is 11.6 Å². The van der Waals surface area contributed by atoms with Crippen molar-refractivity contribution in [3.8, 4) is 0 Å². The van der Waals surface area contributed by atoms with Gasteiger partial charge in [0.05, 0.1) is 11.5 Å². The minimum atomic E-state index is -1.13. The molecule has 7 heteroatoms. The summed E-state index contributed by atoms with van der Waals surface area (Å²) in [6.45, 7) is 10.6. The Bertz CT molecular complexity index is 763. The van der Waals surface area contributed by atoms with Gasteiger partial charge in [0.2, 0.25) is 5.91 Å². The topological polar surface area (TPSA) is 78.9 Å². The molecule has 6 nitrogen and oxygen atoms in total. The van der Waals surface area contributed by atoms with Crippen LogP contribution in [0.3, 0.4) is 0 Å². The number of alkyl carbamates (subject to hydrolysis) is 1. The van der Waals surface area contributed by atoms with Crippen LogP contribution in [0.15, 0.2) is 24.3 Å². The lowest BCUT2D eigenvalue weighted by atomic mass is 9.75. The number of nitrogens with one attached hydrogen (secondary N) is 1. The molecular formula is C25H39ClN2O4. The Morgan fingerprint density at radius 1 is 1.19 bits per heavy atom. The second-order valence-corrected chi connectivity index (χ2v) is 10.3. The number of ether oxygens (including phenoxy) is 1. The van der Waals surface area contributed by atoms with E-state index in [1.54, 1.807) is 12.1 Å². The van der Waals surface area contributed by atoms with Crippen molar-refractivity contribution < 1.29 is 19.4 Å². The van der Waals surface area contributed by atoms with Crippen molar-refractivity contribution in [2.45, 2.75) is 96.3 Å². The number of nitrogens with zero attached hydrogens (tertiary/aromatic N) is 1. The summed E-state index contributed by atoms with van der Waals surface area (Å²) in [5.74, 6) is -0.746. The maximum absolute atomic E-state index is 13.7. The Morgan fingerprint density at radius 2 is 1.78 bits per heavy atom. The van der Waals surface area contributed by atoms with E-state index in [0.29, 0.717) is 43.8 Å². The first-order chi connectivity index (χ1) is 15.0. The smallest absolute Gasteiger partial charge is 0.407 e. The fourth-order valence-corrected chi connectivity index (χ4v) is 4.75. The Labute approximate surface area is 197 Å². The van der Waals surface area contributed by atoms with Gasteiger partial charge in [-0.25, -0.2) is 4.79 Å². The molecule has 1 aromatic carbocycles. The highest BCUT2D eigenvalue weighted by molar-refractivity contribution is 6.30. The molecule has 1 unspecified atom stereocenters. The number of hydrogen-bond acceptors (Lipinski definition) is 4. The van der Waals surface area contributed by atoms with Crippen molar-refractivity contribution in [1.29, 1.82) is 0 Å². The number of carbonyl (C=O) groups excluding carboxylic acids is 2. The second-order valence-electron chi connectivity index (χ2n) is 9.84. The van der Waals surface area contributed by atoms with Gasteiger partial charge < -0.3 is 20.1 Å². The van der Waals surface area contributed by atoms with Gasteiger partial charge in [0.1, 0.15) is 5.60 Å². The zero-order chi connectivity index (χ0) is 23.9. The van der Waals surface area contributed by atoms with E-state index in [1.165, 1.54) is 0 Å². The van der Waals surface area contributed by atoms with E-state index in [-0.39, 0.29) is 11.9 Å². The molecule has 1 aliphatic rings. The molecule has 0 spiro atoms. The van der Waals surface area contributed by atoms with Gasteiger partial charge >= 0.3 is 6.09 Å². The molecule has 0 aromatic heterocycles. The summed E-state index contributed by atoms with van der Waals surface area (Å²) in [4.78, 5) is 27.6. The van der Waals surface area contributed by atoms with Gasteiger partial charge in [-0.05, 0) is 64.2 Å². The van der Waals surface area contributed by atoms with Gasteiger partial charge in [0, 0.05) is 24.2 Å². The molecule has 0 saturated carbocycles. The Balaban J connectivity index is 2.16. The number of amides is 2. The molecule has 0 radical (unpaired) electrons. The molecular weight excluding hydrogens is 428 g/mol. The van der Waals surface area contributed by atoms with Crippen molar-refractivity contribution >= 4 is 23.6 Å². The molecule has 32 heavy (non-hydrogen) atoms. The monoisotopic (exact) mass is 466 g/mol. The first kappa shape index (κ1) is 26.5. The normalized spacial score (nSPS) is 16.5. The third kappa shape index (κ3) is 7.38. The summed E-state index contributed by atoms with van der Waals surface area (Å²) in [6.07, 6.45) is 3.51. The van der Waals surface area contributed by atoms with Crippen LogP contribution in [-0.2, 0) is 9.53 Å². The second kappa shape index (κ2) is 11.4. The molecule has 2 amide bonds. The van der Waals surface area contributed by atoms with Crippen molar-refractivity contribution in [3.63, 3.8) is 0 Å². The molecule has 0 bridgehead atoms. The van der Waals surface area contributed by atoms with Crippen molar-refractivity contribution in [1.82, 2.24) is 10.2 Å². The summed E-state index contributed by atoms with van der Waals surface area (Å²) in [6, 6.07) is 7.23. The zero-order valence-electron chi connectivity index (χ0n) is 20.1. The van der Waals surface area contributed by atoms with Crippen molar-refractivity contribution in [3.05, 3.63) is 34.9 Å². The Kier molecular flexibility index (Phi) is 9.40. The number of halogens is 1. The molecule has 180 valence electrons. The summed E-state index contributed by atoms with van der Waals surface area (Å²) >= 11 is 6.24. The zero-order valence-corrected chi connectivity index (χ0v) is 20.9. The summed E-state index contributed by atoms with van der Waals surface area (Å²) in [5.41, 5.74) is -0.925. The van der Waals surface area contributed by atoms with Gasteiger partial charge in [-0.15, -0.1) is 0 Å². The van der Waals surface area contributed by atoms with Crippen molar-refractivity contribution in [2.24, 2.45) is 0 Å². The molecule has 1 aromatic rings. The Morgan fingerprint density at radius 3 is 2.28 bits per heavy atom. The number of rotatable bonds is 8. The first-order valence-electron chi connectivity index (χ1n) is 11.7. The molecule has 1 heterocycles. The summed E-state index contributed by atoms with van der Waals surface area (Å²) in [7, 11) is 0. The average Bonchev–Trinajstić information content (AvgIpc) is 2.67. The lowest BCUT2D eigenvalue weighted by molar-refractivity contribution is -0.141. The summed E-state index contributed by atoms with van der Waals surface area (Å²) in [5, 5.41) is 15.1. The van der Waals surface area contributed by atoms with E-state index in [0.717, 1.165) is 18.4 Å². The van der Waals surface area contributed by atoms with Gasteiger partial charge in [0.25, 0.3) is 0 Å². The van der Waals surface area contributed by atoms with Gasteiger partial charge in [-0.1, -0.05) is 50.4 Å². The van der Waals surface area contributed by atoms with Gasteiger partial charge in [-0.2, -0.15) is 0 Å². The van der Waals surface area contributed by atoms with Crippen LogP contribution in [0, 0.1) is 0 Å². The average molecular weight is 467 g/mol. The molecule has 2 N–H and O–H groups in total. The summed E-state index contributed by atoms with van der Waals surface area (Å²) < 4.78 is 5.34. The molecule has 1 atom stereocenters. The van der Waals surface area contributed by atoms with Gasteiger partial charge in [0.15, 0.2) is 0 Å². The molecule has 1 saturated heterocycles. The predicted octanol–water partition coefficient (Wildman–Crippen LogP) is 5.27. The molecule has 2 rings (SSSR count). The maximum atomic E-state index is 13.7. The third-order valence-corrected chi connectivity index (χ3v) is 6.09. The van der Waals surface area contributed by atoms with E-state index in [1.807, 2.05) is 51.7 Å². The minimum Gasteiger partial charge on any atom is -0.444 e. The maximum Gasteiger partial charge on any atom is 0.407 e. The standard InChI is InChI=1S/C25H39ClN2O4/c1-6-13-25(31,14-7-2)21(18-9-8-10-19(26)17-18)22(29)28-15-11-20(12-16-28)27-23(30)32-24(3,4)5/h8-10,17,20-21,31H,6-7,11-16H2,1-5H3,(H,27,30). The van der Waals surface area contributed by atoms with Gasteiger partial charge in [-0.3, -0.25) is 4.79 Å². The van der Waals surface area contributed by atoms with E-state index in [9.17, 15) is 14.7 Å². The van der Waals surface area contributed by atoms with E-state index >= 15 is 0 Å². The molecule has 1 fully saturated rings. The molecule has 0 aliphatic carbocycles. The largest absolute Gasteiger partial charge is 0.444 e. The minimum absolute atomic E-state index is 0.0383. The van der Waals surface area contributed by atoms with Crippen LogP contribution in [-0.4, -0.2) is 52.3 Å². The number of carbonyl (C=O) groups is 2. The van der Waals surface area contributed by atoms with Crippen LogP contribution in [0.1, 0.15) is 84.6 Å². The fourth-order valence-electron chi connectivity index (χ4n) is 4.55. The van der Waals surface area contributed by atoms with Crippen LogP contribution < -0.4 is 5.32 Å². The molecule has 1 aliphatic heterocycles. The van der Waals surface area contributed by atoms with Crippen LogP contribution in [0.2, 0.25) is 5.02 Å². The predicted molar refractivity (Wildman–Crippen MR) is 128 cm³/mol. The SMILES string of the molecule is CCCC(O)(CCC)C(C(=O)N1CCC(NC(=O)OC(C)(C)C)CC1)c1cccc(Cl)c1. The van der Waals surface area contributed by atoms with E-state index < -0.39 is 23.2 Å². The number of piperidine rings is 1. The van der Waals surface area contributed by atoms with Crippen LogP contribution in [0.4, 0.5) is 4.79 Å².